The maximum atomic E-state index is 11.7. The van der Waals surface area contributed by atoms with Gasteiger partial charge in [-0.1, -0.05) is 35.9 Å². The van der Waals surface area contributed by atoms with Crippen LogP contribution >= 0.6 is 0 Å². The van der Waals surface area contributed by atoms with Gasteiger partial charge in [-0.15, -0.1) is 0 Å². The Morgan fingerprint density at radius 2 is 1.74 bits per heavy atom. The second kappa shape index (κ2) is 5.57. The third kappa shape index (κ3) is 2.94. The Kier molecular flexibility index (Phi) is 3.85. The molecule has 2 aromatic carbocycles. The summed E-state index contributed by atoms with van der Waals surface area (Å²) in [6.07, 6.45) is 0. The second-order valence-corrected chi connectivity index (χ2v) is 4.32. The van der Waals surface area contributed by atoms with E-state index in [-0.39, 0.29) is 17.9 Å². The molecule has 0 aromatic heterocycles. The highest BCUT2D eigenvalue weighted by Crippen LogP contribution is 2.26. The van der Waals surface area contributed by atoms with Crippen molar-refractivity contribution in [1.29, 1.82) is 0 Å². The molecule has 3 nitrogen and oxygen atoms in total. The fraction of sp³-hybridized carbons (Fsp3) is 0.188. The Morgan fingerprint density at radius 3 is 2.37 bits per heavy atom. The van der Waals surface area contributed by atoms with Crippen LogP contribution in [0.1, 0.15) is 22.8 Å². The molecule has 1 N–H and O–H groups in total. The van der Waals surface area contributed by atoms with Crippen LogP contribution in [0.15, 0.2) is 42.5 Å². The normalized spacial score (nSPS) is 10.2. The number of benzene rings is 2. The molecule has 0 bridgehead atoms. The lowest BCUT2D eigenvalue weighted by Crippen LogP contribution is -2.05. The van der Waals surface area contributed by atoms with Gasteiger partial charge in [0, 0.05) is 0 Å². The third-order valence-electron chi connectivity index (χ3n) is 2.88. The topological polar surface area (TPSA) is 46.5 Å². The average Bonchev–Trinajstić information content (AvgIpc) is 2.40. The zero-order chi connectivity index (χ0) is 13.8. The molecule has 0 aliphatic rings. The van der Waals surface area contributed by atoms with Gasteiger partial charge in [0.2, 0.25) is 0 Å². The van der Waals surface area contributed by atoms with Crippen molar-refractivity contribution in [1.82, 2.24) is 0 Å². The number of phenolic OH excluding ortho intramolecular Hbond substituents is 1. The highest BCUT2D eigenvalue weighted by molar-refractivity contribution is 5.94. The van der Waals surface area contributed by atoms with Gasteiger partial charge in [0.15, 0.2) is 0 Å². The lowest BCUT2D eigenvalue weighted by Gasteiger charge is -2.08. The zero-order valence-corrected chi connectivity index (χ0v) is 11.0. The van der Waals surface area contributed by atoms with Crippen molar-refractivity contribution in [3.63, 3.8) is 0 Å². The van der Waals surface area contributed by atoms with E-state index in [9.17, 15) is 9.90 Å². The van der Waals surface area contributed by atoms with Crippen LogP contribution in [0.25, 0.3) is 11.1 Å². The van der Waals surface area contributed by atoms with Crippen molar-refractivity contribution in [3.8, 4) is 16.9 Å². The molecule has 19 heavy (non-hydrogen) atoms. The number of ether oxygens (including phenoxy) is 1. The smallest absolute Gasteiger partial charge is 0.341 e. The molecule has 0 unspecified atom stereocenters. The first kappa shape index (κ1) is 13.1. The number of carbonyl (C=O) groups is 1. The third-order valence-corrected chi connectivity index (χ3v) is 2.88. The predicted molar refractivity (Wildman–Crippen MR) is 74.2 cm³/mol. The monoisotopic (exact) mass is 256 g/mol. The molecule has 0 radical (unpaired) electrons. The molecule has 98 valence electrons. The summed E-state index contributed by atoms with van der Waals surface area (Å²) in [4.78, 5) is 11.7. The molecule has 2 aromatic rings. The molecule has 2 rings (SSSR count). The summed E-state index contributed by atoms with van der Waals surface area (Å²) in [6, 6.07) is 12.9. The Bertz CT molecular complexity index is 585. The molecule has 0 fully saturated rings. The van der Waals surface area contributed by atoms with Crippen LogP contribution in [0.3, 0.4) is 0 Å². The van der Waals surface area contributed by atoms with Gasteiger partial charge in [-0.05, 0) is 37.1 Å². The summed E-state index contributed by atoms with van der Waals surface area (Å²) < 4.78 is 4.92. The lowest BCUT2D eigenvalue weighted by atomic mass is 10.0. The Morgan fingerprint density at radius 1 is 1.11 bits per heavy atom. The van der Waals surface area contributed by atoms with E-state index in [2.05, 4.69) is 0 Å². The van der Waals surface area contributed by atoms with Crippen LogP contribution in [-0.2, 0) is 4.74 Å². The summed E-state index contributed by atoms with van der Waals surface area (Å²) in [5.41, 5.74) is 3.24. The Balaban J connectivity index is 2.40. The fourth-order valence-electron chi connectivity index (χ4n) is 1.83. The lowest BCUT2D eigenvalue weighted by molar-refractivity contribution is 0.0523. The molecule has 0 atom stereocenters. The number of phenols is 1. The highest BCUT2D eigenvalue weighted by atomic mass is 16.5. The molecule has 0 amide bonds. The molecular formula is C16H16O3. The SMILES string of the molecule is CCOC(=O)c1cc(-c2ccc(C)cc2)ccc1O. The van der Waals surface area contributed by atoms with Gasteiger partial charge in [-0.25, -0.2) is 4.79 Å². The average molecular weight is 256 g/mol. The summed E-state index contributed by atoms with van der Waals surface area (Å²) in [5, 5.41) is 9.72. The van der Waals surface area contributed by atoms with Crippen LogP contribution in [0.4, 0.5) is 0 Å². The quantitative estimate of drug-likeness (QED) is 0.854. The van der Waals surface area contributed by atoms with Crippen molar-refractivity contribution in [2.45, 2.75) is 13.8 Å². The molecule has 0 saturated carbocycles. The number of carbonyl (C=O) groups excluding carboxylic acids is 1. The van der Waals surface area contributed by atoms with Crippen molar-refractivity contribution >= 4 is 5.97 Å². The highest BCUT2D eigenvalue weighted by Gasteiger charge is 2.13. The number of esters is 1. The maximum absolute atomic E-state index is 11.7. The van der Waals surface area contributed by atoms with E-state index in [1.807, 2.05) is 31.2 Å². The van der Waals surface area contributed by atoms with E-state index in [4.69, 9.17) is 4.74 Å². The van der Waals surface area contributed by atoms with Gasteiger partial charge in [-0.2, -0.15) is 0 Å². The van der Waals surface area contributed by atoms with Crippen molar-refractivity contribution in [2.75, 3.05) is 6.61 Å². The van der Waals surface area contributed by atoms with E-state index < -0.39 is 5.97 Å². The first-order valence-electron chi connectivity index (χ1n) is 6.19. The summed E-state index contributed by atoms with van der Waals surface area (Å²) in [7, 11) is 0. The zero-order valence-electron chi connectivity index (χ0n) is 11.0. The number of hydrogen-bond acceptors (Lipinski definition) is 3. The molecule has 0 aliphatic carbocycles. The fourth-order valence-corrected chi connectivity index (χ4v) is 1.83. The summed E-state index contributed by atoms with van der Waals surface area (Å²) >= 11 is 0. The van der Waals surface area contributed by atoms with Gasteiger partial charge in [0.1, 0.15) is 11.3 Å². The second-order valence-electron chi connectivity index (χ2n) is 4.32. The molecule has 0 aliphatic heterocycles. The maximum Gasteiger partial charge on any atom is 0.341 e. The van der Waals surface area contributed by atoms with Crippen LogP contribution in [0.2, 0.25) is 0 Å². The Labute approximate surface area is 112 Å². The minimum Gasteiger partial charge on any atom is -0.507 e. The van der Waals surface area contributed by atoms with E-state index in [0.717, 1.165) is 11.1 Å². The van der Waals surface area contributed by atoms with E-state index in [0.29, 0.717) is 0 Å². The number of aryl methyl sites for hydroxylation is 1. The van der Waals surface area contributed by atoms with Gasteiger partial charge >= 0.3 is 5.97 Å². The van der Waals surface area contributed by atoms with Crippen LogP contribution < -0.4 is 0 Å². The molecule has 3 heteroatoms. The summed E-state index contributed by atoms with van der Waals surface area (Å²) in [5.74, 6) is -0.566. The largest absolute Gasteiger partial charge is 0.507 e. The summed E-state index contributed by atoms with van der Waals surface area (Å²) in [6.45, 7) is 4.04. The first-order valence-corrected chi connectivity index (χ1v) is 6.19. The first-order chi connectivity index (χ1) is 9.11. The van der Waals surface area contributed by atoms with Gasteiger partial charge < -0.3 is 9.84 Å². The predicted octanol–water partition coefficient (Wildman–Crippen LogP) is 3.54. The van der Waals surface area contributed by atoms with E-state index >= 15 is 0 Å². The van der Waals surface area contributed by atoms with Crippen LogP contribution in [0, 0.1) is 6.92 Å². The Hall–Kier alpha value is -2.29. The molecule has 0 saturated heterocycles. The van der Waals surface area contributed by atoms with Crippen LogP contribution in [-0.4, -0.2) is 17.7 Å². The van der Waals surface area contributed by atoms with E-state index in [1.165, 1.54) is 11.6 Å². The van der Waals surface area contributed by atoms with E-state index in [1.54, 1.807) is 19.1 Å². The van der Waals surface area contributed by atoms with Crippen molar-refractivity contribution in [2.24, 2.45) is 0 Å². The number of rotatable bonds is 3. The van der Waals surface area contributed by atoms with Crippen molar-refractivity contribution in [3.05, 3.63) is 53.6 Å². The molecule has 0 spiro atoms. The number of aromatic hydroxyl groups is 1. The minimum absolute atomic E-state index is 0.0608. The minimum atomic E-state index is -0.506. The number of hydrogen-bond donors (Lipinski definition) is 1. The van der Waals surface area contributed by atoms with Gasteiger partial charge in [0.25, 0.3) is 0 Å². The van der Waals surface area contributed by atoms with Crippen LogP contribution in [0.5, 0.6) is 5.75 Å². The van der Waals surface area contributed by atoms with Gasteiger partial charge in [0.05, 0.1) is 6.61 Å². The standard InChI is InChI=1S/C16H16O3/c1-3-19-16(18)14-10-13(8-9-15(14)17)12-6-4-11(2)5-7-12/h4-10,17H,3H2,1-2H3. The van der Waals surface area contributed by atoms with Crippen molar-refractivity contribution < 1.29 is 14.6 Å². The molecular weight excluding hydrogens is 240 g/mol. The molecule has 0 heterocycles. The van der Waals surface area contributed by atoms with Gasteiger partial charge in [-0.3, -0.25) is 0 Å².